The predicted molar refractivity (Wildman–Crippen MR) is 126 cm³/mol. The molecule has 1 aliphatic carbocycles. The van der Waals surface area contributed by atoms with Gasteiger partial charge in [-0.15, -0.1) is 0 Å². The van der Waals surface area contributed by atoms with E-state index in [1.54, 1.807) is 14.2 Å². The van der Waals surface area contributed by atoms with E-state index in [0.717, 1.165) is 40.6 Å². The molecular formula is C25H30ClN3O3. The lowest BCUT2D eigenvalue weighted by atomic mass is 10.1. The first-order chi connectivity index (χ1) is 15.5. The number of methoxy groups -OCH3 is 2. The zero-order valence-corrected chi connectivity index (χ0v) is 19.9. The Morgan fingerprint density at radius 3 is 2.62 bits per heavy atom. The number of rotatable bonds is 10. The second kappa shape index (κ2) is 9.92. The van der Waals surface area contributed by atoms with Crippen molar-refractivity contribution in [3.8, 4) is 28.6 Å². The highest BCUT2D eigenvalue weighted by atomic mass is 35.5. The van der Waals surface area contributed by atoms with Crippen molar-refractivity contribution in [2.75, 3.05) is 27.4 Å². The Morgan fingerprint density at radius 2 is 1.91 bits per heavy atom. The maximum absolute atomic E-state index is 6.43. The molecule has 1 aliphatic rings. The van der Waals surface area contributed by atoms with Crippen LogP contribution in [-0.4, -0.2) is 42.2 Å². The van der Waals surface area contributed by atoms with Gasteiger partial charge in [0.15, 0.2) is 17.4 Å². The predicted octanol–water partition coefficient (Wildman–Crippen LogP) is 5.83. The van der Waals surface area contributed by atoms with E-state index < -0.39 is 0 Å². The van der Waals surface area contributed by atoms with Crippen LogP contribution in [0.2, 0.25) is 5.02 Å². The number of ether oxygens (including phenoxy) is 3. The summed E-state index contributed by atoms with van der Waals surface area (Å²) >= 11 is 6.43. The van der Waals surface area contributed by atoms with Crippen molar-refractivity contribution >= 4 is 11.6 Å². The van der Waals surface area contributed by atoms with Crippen LogP contribution >= 0.6 is 11.6 Å². The van der Waals surface area contributed by atoms with Crippen molar-refractivity contribution in [3.63, 3.8) is 0 Å². The largest absolute Gasteiger partial charge is 0.493 e. The van der Waals surface area contributed by atoms with Crippen LogP contribution in [0.15, 0.2) is 36.4 Å². The summed E-state index contributed by atoms with van der Waals surface area (Å²) < 4.78 is 18.6. The molecule has 1 fully saturated rings. The van der Waals surface area contributed by atoms with Gasteiger partial charge in [-0.25, -0.2) is 9.67 Å². The summed E-state index contributed by atoms with van der Waals surface area (Å²) in [6, 6.07) is 11.7. The van der Waals surface area contributed by atoms with Crippen molar-refractivity contribution < 1.29 is 14.2 Å². The number of nitrogens with zero attached hydrogens (tertiary/aromatic N) is 3. The van der Waals surface area contributed by atoms with Gasteiger partial charge >= 0.3 is 0 Å². The lowest BCUT2D eigenvalue weighted by Gasteiger charge is -2.15. The van der Waals surface area contributed by atoms with Crippen LogP contribution in [0, 0.1) is 12.8 Å². The minimum Gasteiger partial charge on any atom is -0.493 e. The third-order valence-corrected chi connectivity index (χ3v) is 6.31. The SMILES string of the molecule is COCCCOc1cccc(-c2nc(C(C)C3CC3)nn2-c2cccc(Cl)c2OC)c1C. The Balaban J connectivity index is 1.79. The average molecular weight is 456 g/mol. The van der Waals surface area contributed by atoms with Gasteiger partial charge in [0, 0.05) is 37.2 Å². The van der Waals surface area contributed by atoms with Crippen LogP contribution in [0.3, 0.4) is 0 Å². The van der Waals surface area contributed by atoms with Crippen molar-refractivity contribution in [2.45, 2.75) is 39.0 Å². The Bertz CT molecular complexity index is 1080. The molecule has 170 valence electrons. The Labute approximate surface area is 194 Å². The van der Waals surface area contributed by atoms with Gasteiger partial charge in [-0.1, -0.05) is 36.7 Å². The van der Waals surface area contributed by atoms with E-state index >= 15 is 0 Å². The fourth-order valence-corrected chi connectivity index (χ4v) is 4.18. The summed E-state index contributed by atoms with van der Waals surface area (Å²) in [6.07, 6.45) is 3.30. The van der Waals surface area contributed by atoms with Crippen LogP contribution in [0.4, 0.5) is 0 Å². The summed E-state index contributed by atoms with van der Waals surface area (Å²) in [5.74, 6) is 3.97. The van der Waals surface area contributed by atoms with E-state index in [-0.39, 0.29) is 0 Å². The highest BCUT2D eigenvalue weighted by molar-refractivity contribution is 6.32. The molecule has 4 rings (SSSR count). The first-order valence-corrected chi connectivity index (χ1v) is 11.4. The molecule has 0 spiro atoms. The molecule has 1 saturated carbocycles. The van der Waals surface area contributed by atoms with E-state index in [4.69, 9.17) is 35.9 Å². The number of aromatic nitrogens is 3. The standard InChI is InChI=1S/C25H30ClN3O3/c1-16(18-12-13-18)24-27-25(29(28-24)21-10-6-9-20(26)23(21)31-4)19-8-5-11-22(17(19)2)32-15-7-14-30-3/h5-6,8-11,16,18H,7,12-15H2,1-4H3. The lowest BCUT2D eigenvalue weighted by Crippen LogP contribution is -2.06. The second-order valence-corrected chi connectivity index (χ2v) is 8.65. The minimum atomic E-state index is 0.300. The summed E-state index contributed by atoms with van der Waals surface area (Å²) in [4.78, 5) is 5.01. The molecule has 0 aliphatic heterocycles. The highest BCUT2D eigenvalue weighted by Crippen LogP contribution is 2.43. The highest BCUT2D eigenvalue weighted by Gasteiger charge is 2.33. The average Bonchev–Trinajstić information content (AvgIpc) is 3.56. The van der Waals surface area contributed by atoms with Crippen LogP contribution in [0.5, 0.6) is 11.5 Å². The maximum atomic E-state index is 6.43. The van der Waals surface area contributed by atoms with E-state index in [0.29, 0.717) is 35.8 Å². The fourth-order valence-electron chi connectivity index (χ4n) is 3.94. The zero-order valence-electron chi connectivity index (χ0n) is 19.1. The first-order valence-electron chi connectivity index (χ1n) is 11.1. The molecule has 7 heteroatoms. The number of benzene rings is 2. The van der Waals surface area contributed by atoms with Gasteiger partial charge < -0.3 is 14.2 Å². The third kappa shape index (κ3) is 4.62. The molecule has 0 bridgehead atoms. The van der Waals surface area contributed by atoms with Gasteiger partial charge in [-0.2, -0.15) is 5.10 Å². The normalized spacial score (nSPS) is 14.4. The second-order valence-electron chi connectivity index (χ2n) is 8.25. The molecular weight excluding hydrogens is 426 g/mol. The fraction of sp³-hybridized carbons (Fsp3) is 0.440. The van der Waals surface area contributed by atoms with Gasteiger partial charge in [0.25, 0.3) is 0 Å². The molecule has 1 aromatic heterocycles. The lowest BCUT2D eigenvalue weighted by molar-refractivity contribution is 0.172. The van der Waals surface area contributed by atoms with E-state index in [1.807, 2.05) is 35.0 Å². The number of hydrogen-bond donors (Lipinski definition) is 0. The summed E-state index contributed by atoms with van der Waals surface area (Å²) in [6.45, 7) is 5.53. The molecule has 32 heavy (non-hydrogen) atoms. The van der Waals surface area contributed by atoms with Gasteiger partial charge in [-0.3, -0.25) is 0 Å². The van der Waals surface area contributed by atoms with Crippen LogP contribution in [0.25, 0.3) is 17.1 Å². The molecule has 0 radical (unpaired) electrons. The van der Waals surface area contributed by atoms with Crippen LogP contribution in [-0.2, 0) is 4.74 Å². The van der Waals surface area contributed by atoms with Crippen LogP contribution < -0.4 is 9.47 Å². The molecule has 0 amide bonds. The summed E-state index contributed by atoms with van der Waals surface area (Å²) in [5.41, 5.74) is 2.76. The molecule has 3 aromatic rings. The quantitative estimate of drug-likeness (QED) is 0.360. The Kier molecular flexibility index (Phi) is 7.01. The molecule has 1 atom stereocenters. The summed E-state index contributed by atoms with van der Waals surface area (Å²) in [5, 5.41) is 5.47. The number of halogens is 1. The number of para-hydroxylation sites is 1. The van der Waals surface area contributed by atoms with Gasteiger partial charge in [0.1, 0.15) is 11.4 Å². The molecule has 1 heterocycles. The molecule has 0 N–H and O–H groups in total. The van der Waals surface area contributed by atoms with Gasteiger partial charge in [-0.05, 0) is 43.9 Å². The molecule has 1 unspecified atom stereocenters. The smallest absolute Gasteiger partial charge is 0.164 e. The topological polar surface area (TPSA) is 58.4 Å². The molecule has 2 aromatic carbocycles. The van der Waals surface area contributed by atoms with Gasteiger partial charge in [0.2, 0.25) is 0 Å². The van der Waals surface area contributed by atoms with E-state index in [1.165, 1.54) is 12.8 Å². The third-order valence-electron chi connectivity index (χ3n) is 6.01. The van der Waals surface area contributed by atoms with Crippen LogP contribution in [0.1, 0.15) is 43.5 Å². The maximum Gasteiger partial charge on any atom is 0.164 e. The minimum absolute atomic E-state index is 0.300. The van der Waals surface area contributed by atoms with E-state index in [2.05, 4.69) is 19.9 Å². The monoisotopic (exact) mass is 455 g/mol. The van der Waals surface area contributed by atoms with Crippen molar-refractivity contribution in [2.24, 2.45) is 5.92 Å². The zero-order chi connectivity index (χ0) is 22.7. The molecule has 6 nitrogen and oxygen atoms in total. The van der Waals surface area contributed by atoms with E-state index in [9.17, 15) is 0 Å². The Morgan fingerprint density at radius 1 is 1.12 bits per heavy atom. The summed E-state index contributed by atoms with van der Waals surface area (Å²) in [7, 11) is 3.32. The first kappa shape index (κ1) is 22.6. The van der Waals surface area contributed by atoms with Crippen molar-refractivity contribution in [1.82, 2.24) is 14.8 Å². The Hall–Kier alpha value is -2.57. The number of hydrogen-bond acceptors (Lipinski definition) is 5. The van der Waals surface area contributed by atoms with Crippen molar-refractivity contribution in [1.29, 1.82) is 0 Å². The van der Waals surface area contributed by atoms with Crippen molar-refractivity contribution in [3.05, 3.63) is 52.8 Å². The van der Waals surface area contributed by atoms with Gasteiger partial charge in [0.05, 0.1) is 18.7 Å². The molecule has 0 saturated heterocycles.